The third-order valence-electron chi connectivity index (χ3n) is 7.09. The molecule has 11 heteroatoms. The van der Waals surface area contributed by atoms with E-state index in [1.807, 2.05) is 13.0 Å². The summed E-state index contributed by atoms with van der Waals surface area (Å²) in [5.74, 6) is -2.17. The molecule has 1 aromatic carbocycles. The van der Waals surface area contributed by atoms with E-state index >= 15 is 0 Å². The van der Waals surface area contributed by atoms with Gasteiger partial charge in [0.15, 0.2) is 0 Å². The monoisotopic (exact) mass is 505 g/mol. The fourth-order valence-electron chi connectivity index (χ4n) is 5.13. The molecular weight excluding hydrogens is 478 g/mol. The first-order valence-corrected chi connectivity index (χ1v) is 12.1. The Kier molecular flexibility index (Phi) is 6.48. The molecule has 37 heavy (non-hydrogen) atoms. The SMILES string of the molecule is Cc1nc2c(C)cccn2c1C([O-])=C1C(=O)C(=O)N(CC[NH+]2CCOCC2)C1c1ccc([N+](=O)[O-])cc1. The van der Waals surface area contributed by atoms with E-state index in [1.165, 1.54) is 34.1 Å². The molecule has 0 radical (unpaired) electrons. The van der Waals surface area contributed by atoms with E-state index in [9.17, 15) is 24.8 Å². The number of benzene rings is 1. The lowest BCUT2D eigenvalue weighted by molar-refractivity contribution is -0.907. The number of quaternary nitrogens is 1. The number of nitrogens with zero attached hydrogens (tertiary/aromatic N) is 4. The molecule has 0 aliphatic carbocycles. The van der Waals surface area contributed by atoms with Crippen molar-refractivity contribution >= 4 is 28.8 Å². The summed E-state index contributed by atoms with van der Waals surface area (Å²) in [5.41, 5.74) is 2.32. The minimum atomic E-state index is -0.955. The van der Waals surface area contributed by atoms with Gasteiger partial charge in [-0.25, -0.2) is 4.98 Å². The normalized spacial score (nSPS) is 20.2. The van der Waals surface area contributed by atoms with Crippen LogP contribution in [0.25, 0.3) is 11.4 Å². The Balaban J connectivity index is 1.62. The molecule has 11 nitrogen and oxygen atoms in total. The largest absolute Gasteiger partial charge is 0.871 e. The predicted octanol–water partition coefficient (Wildman–Crippen LogP) is -0.00156. The van der Waals surface area contributed by atoms with Gasteiger partial charge in [0.05, 0.1) is 48.7 Å². The summed E-state index contributed by atoms with van der Waals surface area (Å²) >= 11 is 0. The summed E-state index contributed by atoms with van der Waals surface area (Å²) in [6.45, 7) is 7.23. The third-order valence-corrected chi connectivity index (χ3v) is 7.09. The predicted molar refractivity (Wildman–Crippen MR) is 131 cm³/mol. The summed E-state index contributed by atoms with van der Waals surface area (Å²) in [5, 5.41) is 25.2. The maximum Gasteiger partial charge on any atom is 0.295 e. The number of nitro benzene ring substituents is 1. The van der Waals surface area contributed by atoms with Gasteiger partial charge in [0, 0.05) is 23.9 Å². The molecule has 192 valence electrons. The average Bonchev–Trinajstić information content (AvgIpc) is 3.37. The van der Waals surface area contributed by atoms with Gasteiger partial charge in [-0.2, -0.15) is 0 Å². The summed E-state index contributed by atoms with van der Waals surface area (Å²) in [7, 11) is 0. The van der Waals surface area contributed by atoms with Crippen molar-refractivity contribution in [2.45, 2.75) is 19.9 Å². The Bertz CT molecular complexity index is 1420. The number of fused-ring (bicyclic) bond motifs is 1. The highest BCUT2D eigenvalue weighted by Gasteiger charge is 2.45. The molecule has 2 fully saturated rings. The van der Waals surface area contributed by atoms with Crippen molar-refractivity contribution in [1.82, 2.24) is 14.3 Å². The lowest BCUT2D eigenvalue weighted by Crippen LogP contribution is -3.14. The van der Waals surface area contributed by atoms with Crippen LogP contribution in [0.2, 0.25) is 0 Å². The molecule has 2 aliphatic rings. The highest BCUT2D eigenvalue weighted by Crippen LogP contribution is 2.39. The lowest BCUT2D eigenvalue weighted by Gasteiger charge is -2.30. The molecule has 4 heterocycles. The van der Waals surface area contributed by atoms with Gasteiger partial charge in [-0.1, -0.05) is 11.8 Å². The van der Waals surface area contributed by atoms with Crippen molar-refractivity contribution in [3.63, 3.8) is 0 Å². The van der Waals surface area contributed by atoms with Gasteiger partial charge in [0.2, 0.25) is 5.78 Å². The van der Waals surface area contributed by atoms with Crippen LogP contribution < -0.4 is 10.0 Å². The number of nitro groups is 1. The summed E-state index contributed by atoms with van der Waals surface area (Å²) in [6.07, 6.45) is 1.71. The second-order valence-corrected chi connectivity index (χ2v) is 9.36. The zero-order valence-electron chi connectivity index (χ0n) is 20.6. The highest BCUT2D eigenvalue weighted by molar-refractivity contribution is 6.46. The smallest absolute Gasteiger partial charge is 0.295 e. The minimum Gasteiger partial charge on any atom is -0.871 e. The van der Waals surface area contributed by atoms with Gasteiger partial charge in [-0.15, -0.1) is 0 Å². The number of rotatable bonds is 6. The average molecular weight is 506 g/mol. The van der Waals surface area contributed by atoms with E-state index in [-0.39, 0.29) is 23.5 Å². The number of ketones is 1. The van der Waals surface area contributed by atoms with E-state index < -0.39 is 28.4 Å². The molecule has 0 bridgehead atoms. The van der Waals surface area contributed by atoms with Gasteiger partial charge >= 0.3 is 0 Å². The lowest BCUT2D eigenvalue weighted by atomic mass is 9.96. The van der Waals surface area contributed by atoms with Gasteiger partial charge < -0.3 is 24.0 Å². The number of hydrogen-bond donors (Lipinski definition) is 1. The Morgan fingerprint density at radius 1 is 1.16 bits per heavy atom. The van der Waals surface area contributed by atoms with Crippen LogP contribution in [0.15, 0.2) is 48.2 Å². The fraction of sp³-hybridized carbons (Fsp3) is 0.346. The number of Topliss-reactive ketones (excluding diaryl/α,β-unsaturated/α-hetero) is 1. The van der Waals surface area contributed by atoms with Gasteiger partial charge in [0.1, 0.15) is 18.7 Å². The van der Waals surface area contributed by atoms with Crippen LogP contribution in [0.3, 0.4) is 0 Å². The van der Waals surface area contributed by atoms with Crippen LogP contribution in [0.4, 0.5) is 5.69 Å². The topological polar surface area (TPSA) is 135 Å². The Morgan fingerprint density at radius 2 is 1.86 bits per heavy atom. The Labute approximate surface area is 212 Å². The number of non-ortho nitro benzene ring substituents is 1. The van der Waals surface area contributed by atoms with Crippen molar-refractivity contribution in [2.24, 2.45) is 0 Å². The van der Waals surface area contributed by atoms with Crippen LogP contribution in [-0.4, -0.2) is 70.3 Å². The molecule has 2 saturated heterocycles. The number of nitrogens with one attached hydrogen (secondary N) is 1. The highest BCUT2D eigenvalue weighted by atomic mass is 16.6. The molecule has 2 aromatic heterocycles. The maximum absolute atomic E-state index is 14.0. The number of carbonyl (C=O) groups is 2. The Hall–Kier alpha value is -4.09. The number of ether oxygens (including phenoxy) is 1. The molecule has 1 atom stereocenters. The van der Waals surface area contributed by atoms with Crippen LogP contribution in [-0.2, 0) is 14.3 Å². The number of hydrogen-bond acceptors (Lipinski definition) is 7. The summed E-state index contributed by atoms with van der Waals surface area (Å²) in [4.78, 5) is 44.5. The van der Waals surface area contributed by atoms with E-state index in [1.54, 1.807) is 23.6 Å². The number of pyridine rings is 1. The molecule has 0 saturated carbocycles. The van der Waals surface area contributed by atoms with Crippen molar-refractivity contribution < 1.29 is 29.3 Å². The van der Waals surface area contributed by atoms with Gasteiger partial charge in [-0.05, 0) is 43.2 Å². The molecule has 2 aliphatic heterocycles. The standard InChI is InChI=1S/C26H27N5O6/c1-16-4-3-9-29-21(17(2)27-25(16)29)23(32)20-22(18-5-7-19(8-6-18)31(35)36)30(26(34)24(20)33)11-10-28-12-14-37-15-13-28/h3-9,22,32H,10-15H2,1-2H3. The van der Waals surface area contributed by atoms with Crippen LogP contribution in [0.1, 0.15) is 28.6 Å². The molecule has 1 unspecified atom stereocenters. The number of aryl methyl sites for hydroxylation is 2. The second kappa shape index (κ2) is 9.75. The van der Waals surface area contributed by atoms with Crippen LogP contribution >= 0.6 is 0 Å². The van der Waals surface area contributed by atoms with E-state index in [0.29, 0.717) is 36.7 Å². The summed E-state index contributed by atoms with van der Waals surface area (Å²) in [6, 6.07) is 8.35. The fourth-order valence-corrected chi connectivity index (χ4v) is 5.13. The van der Waals surface area contributed by atoms with Crippen molar-refractivity contribution in [2.75, 3.05) is 39.4 Å². The van der Waals surface area contributed by atoms with Crippen LogP contribution in [0, 0.1) is 24.0 Å². The van der Waals surface area contributed by atoms with Gasteiger partial charge in [0.25, 0.3) is 11.6 Å². The molecule has 1 amide bonds. The Morgan fingerprint density at radius 3 is 2.54 bits per heavy atom. The summed E-state index contributed by atoms with van der Waals surface area (Å²) < 4.78 is 7.05. The molecule has 5 rings (SSSR count). The van der Waals surface area contributed by atoms with Crippen LogP contribution in [0.5, 0.6) is 0 Å². The number of morpholine rings is 1. The second-order valence-electron chi connectivity index (χ2n) is 9.36. The number of imidazole rings is 1. The quantitative estimate of drug-likeness (QED) is 0.164. The molecule has 3 aromatic rings. The van der Waals surface area contributed by atoms with Crippen molar-refractivity contribution in [3.05, 3.63) is 80.8 Å². The number of carbonyl (C=O) groups excluding carboxylic acids is 2. The van der Waals surface area contributed by atoms with Crippen molar-refractivity contribution in [3.8, 4) is 0 Å². The van der Waals surface area contributed by atoms with E-state index in [2.05, 4.69) is 4.98 Å². The minimum absolute atomic E-state index is 0.121. The number of amides is 1. The number of likely N-dealkylation sites (tertiary alicyclic amines) is 1. The number of aromatic nitrogens is 2. The first kappa shape index (κ1) is 24.6. The molecular formula is C26H27N5O6. The van der Waals surface area contributed by atoms with E-state index in [0.717, 1.165) is 18.7 Å². The van der Waals surface area contributed by atoms with Crippen molar-refractivity contribution in [1.29, 1.82) is 0 Å². The first-order chi connectivity index (χ1) is 17.8. The molecule has 0 spiro atoms. The van der Waals surface area contributed by atoms with E-state index in [4.69, 9.17) is 4.74 Å². The zero-order valence-corrected chi connectivity index (χ0v) is 20.6. The maximum atomic E-state index is 14.0. The zero-order chi connectivity index (χ0) is 26.3. The first-order valence-electron chi connectivity index (χ1n) is 12.1. The third kappa shape index (κ3) is 4.36. The van der Waals surface area contributed by atoms with Gasteiger partial charge in [-0.3, -0.25) is 19.7 Å². The molecule has 1 N–H and O–H groups in total.